The first-order valence-electron chi connectivity index (χ1n) is 6.35. The van der Waals surface area contributed by atoms with Gasteiger partial charge in [-0.05, 0) is 44.6 Å². The van der Waals surface area contributed by atoms with E-state index < -0.39 is 0 Å². The third-order valence-electron chi connectivity index (χ3n) is 3.47. The first-order chi connectivity index (χ1) is 7.75. The van der Waals surface area contributed by atoms with E-state index in [-0.39, 0.29) is 12.4 Å². The van der Waals surface area contributed by atoms with Crippen molar-refractivity contribution in [1.29, 1.82) is 0 Å². The van der Waals surface area contributed by atoms with Crippen LogP contribution in [-0.4, -0.2) is 30.7 Å². The van der Waals surface area contributed by atoms with Gasteiger partial charge in [0.1, 0.15) is 0 Å². The summed E-state index contributed by atoms with van der Waals surface area (Å²) < 4.78 is 11.3. The molecule has 2 aliphatic rings. The van der Waals surface area contributed by atoms with E-state index in [0.717, 1.165) is 44.5 Å². The molecule has 1 fully saturated rings. The first kappa shape index (κ1) is 12.1. The van der Waals surface area contributed by atoms with E-state index in [9.17, 15) is 5.11 Å². The molecule has 0 aromatic rings. The highest BCUT2D eigenvalue weighted by Crippen LogP contribution is 2.24. The quantitative estimate of drug-likeness (QED) is 0.750. The van der Waals surface area contributed by atoms with Crippen LogP contribution in [0.15, 0.2) is 11.6 Å². The molecule has 3 heteroatoms. The summed E-state index contributed by atoms with van der Waals surface area (Å²) in [6, 6.07) is 0. The maximum atomic E-state index is 9.58. The minimum atomic E-state index is -0.234. The number of hydrogen-bond donors (Lipinski definition) is 1. The van der Waals surface area contributed by atoms with Crippen molar-refractivity contribution in [3.63, 3.8) is 0 Å². The van der Waals surface area contributed by atoms with Crippen LogP contribution in [0, 0.1) is 5.92 Å². The maximum absolute atomic E-state index is 9.58. The number of aliphatic hydroxyl groups excluding tert-OH is 1. The summed E-state index contributed by atoms with van der Waals surface area (Å²) in [5.41, 5.74) is 1.09. The lowest BCUT2D eigenvalue weighted by Crippen LogP contribution is -2.26. The summed E-state index contributed by atoms with van der Waals surface area (Å²) in [6.45, 7) is 3.56. The summed E-state index contributed by atoms with van der Waals surface area (Å²) in [7, 11) is 0. The standard InChI is InChI=1S/C13H22O3/c1-10-8-11(5-6-12(10)14)9-16-13-4-2-3-7-15-13/h8,11-14H,2-7,9H2,1H3. The lowest BCUT2D eigenvalue weighted by Gasteiger charge is -2.27. The van der Waals surface area contributed by atoms with Crippen LogP contribution in [0.2, 0.25) is 0 Å². The van der Waals surface area contributed by atoms with Crippen LogP contribution in [0.25, 0.3) is 0 Å². The van der Waals surface area contributed by atoms with Gasteiger partial charge in [-0.1, -0.05) is 6.08 Å². The molecule has 3 nitrogen and oxygen atoms in total. The molecule has 0 aromatic carbocycles. The van der Waals surface area contributed by atoms with Gasteiger partial charge in [0.15, 0.2) is 6.29 Å². The molecule has 0 spiro atoms. The van der Waals surface area contributed by atoms with Crippen LogP contribution in [0.4, 0.5) is 0 Å². The van der Waals surface area contributed by atoms with Gasteiger partial charge in [0, 0.05) is 12.5 Å². The monoisotopic (exact) mass is 226 g/mol. The first-order valence-corrected chi connectivity index (χ1v) is 6.35. The van der Waals surface area contributed by atoms with Gasteiger partial charge < -0.3 is 14.6 Å². The third kappa shape index (κ3) is 3.30. The molecule has 1 aliphatic heterocycles. The molecule has 1 saturated heterocycles. The molecular formula is C13H22O3. The zero-order chi connectivity index (χ0) is 11.4. The lowest BCUT2D eigenvalue weighted by atomic mass is 9.90. The fraction of sp³-hybridized carbons (Fsp3) is 0.846. The number of rotatable bonds is 3. The second-order valence-corrected chi connectivity index (χ2v) is 4.89. The minimum absolute atomic E-state index is 0.00862. The zero-order valence-corrected chi connectivity index (χ0v) is 10.0. The van der Waals surface area contributed by atoms with Gasteiger partial charge in [-0.25, -0.2) is 0 Å². The molecule has 0 amide bonds. The van der Waals surface area contributed by atoms with E-state index in [0.29, 0.717) is 5.92 Å². The molecule has 16 heavy (non-hydrogen) atoms. The summed E-state index contributed by atoms with van der Waals surface area (Å²) in [6.07, 6.45) is 7.20. The van der Waals surface area contributed by atoms with Crippen molar-refractivity contribution in [3.05, 3.63) is 11.6 Å². The molecule has 3 atom stereocenters. The molecule has 1 N–H and O–H groups in total. The SMILES string of the molecule is CC1=CC(COC2CCCCO2)CCC1O. The number of ether oxygens (including phenoxy) is 2. The molecule has 3 unspecified atom stereocenters. The predicted molar refractivity (Wildman–Crippen MR) is 62.0 cm³/mol. The number of hydrogen-bond acceptors (Lipinski definition) is 3. The fourth-order valence-corrected chi connectivity index (χ4v) is 2.37. The van der Waals surface area contributed by atoms with Crippen LogP contribution >= 0.6 is 0 Å². The van der Waals surface area contributed by atoms with Crippen molar-refractivity contribution in [2.75, 3.05) is 13.2 Å². The van der Waals surface area contributed by atoms with Gasteiger partial charge in [0.25, 0.3) is 0 Å². The summed E-state index contributed by atoms with van der Waals surface area (Å²) in [5.74, 6) is 0.453. The van der Waals surface area contributed by atoms with Gasteiger partial charge in [0.05, 0.1) is 12.7 Å². The Labute approximate surface area is 97.4 Å². The van der Waals surface area contributed by atoms with Crippen LogP contribution in [0.5, 0.6) is 0 Å². The molecule has 2 rings (SSSR count). The summed E-state index contributed by atoms with van der Waals surface area (Å²) >= 11 is 0. The van der Waals surface area contributed by atoms with E-state index in [1.807, 2.05) is 6.92 Å². The highest BCUT2D eigenvalue weighted by molar-refractivity contribution is 5.10. The van der Waals surface area contributed by atoms with Crippen LogP contribution in [0.1, 0.15) is 39.0 Å². The van der Waals surface area contributed by atoms with E-state index in [4.69, 9.17) is 9.47 Å². The predicted octanol–water partition coefficient (Wildman–Crippen LogP) is 2.25. The van der Waals surface area contributed by atoms with E-state index in [2.05, 4.69) is 6.08 Å². The average Bonchev–Trinajstić information content (AvgIpc) is 2.32. The van der Waals surface area contributed by atoms with Gasteiger partial charge in [-0.2, -0.15) is 0 Å². The van der Waals surface area contributed by atoms with Crippen LogP contribution in [-0.2, 0) is 9.47 Å². The van der Waals surface area contributed by atoms with Crippen molar-refractivity contribution in [2.24, 2.45) is 5.92 Å². The Morgan fingerprint density at radius 2 is 2.25 bits per heavy atom. The smallest absolute Gasteiger partial charge is 0.157 e. The molecule has 1 heterocycles. The molecular weight excluding hydrogens is 204 g/mol. The Bertz CT molecular complexity index is 244. The topological polar surface area (TPSA) is 38.7 Å². The van der Waals surface area contributed by atoms with Crippen molar-refractivity contribution in [2.45, 2.75) is 51.4 Å². The molecule has 0 bridgehead atoms. The Hall–Kier alpha value is -0.380. The molecule has 0 saturated carbocycles. The largest absolute Gasteiger partial charge is 0.389 e. The number of aliphatic hydroxyl groups is 1. The second-order valence-electron chi connectivity index (χ2n) is 4.89. The Kier molecular flexibility index (Phi) is 4.38. The Morgan fingerprint density at radius 3 is 2.94 bits per heavy atom. The van der Waals surface area contributed by atoms with Crippen LogP contribution in [0.3, 0.4) is 0 Å². The molecule has 0 radical (unpaired) electrons. The van der Waals surface area contributed by atoms with Gasteiger partial charge in [-0.15, -0.1) is 0 Å². The highest BCUT2D eigenvalue weighted by atomic mass is 16.7. The third-order valence-corrected chi connectivity index (χ3v) is 3.47. The lowest BCUT2D eigenvalue weighted by molar-refractivity contribution is -0.167. The zero-order valence-electron chi connectivity index (χ0n) is 10.0. The van der Waals surface area contributed by atoms with Gasteiger partial charge in [0.2, 0.25) is 0 Å². The van der Waals surface area contributed by atoms with Crippen LogP contribution < -0.4 is 0 Å². The van der Waals surface area contributed by atoms with Crippen molar-refractivity contribution < 1.29 is 14.6 Å². The summed E-state index contributed by atoms with van der Waals surface area (Å²) in [5, 5.41) is 9.58. The van der Waals surface area contributed by atoms with E-state index >= 15 is 0 Å². The summed E-state index contributed by atoms with van der Waals surface area (Å²) in [4.78, 5) is 0. The second kappa shape index (κ2) is 5.80. The van der Waals surface area contributed by atoms with Gasteiger partial charge in [-0.3, -0.25) is 0 Å². The Balaban J connectivity index is 1.73. The van der Waals surface area contributed by atoms with Crippen molar-refractivity contribution >= 4 is 0 Å². The minimum Gasteiger partial charge on any atom is -0.389 e. The molecule has 92 valence electrons. The van der Waals surface area contributed by atoms with Crippen molar-refractivity contribution in [1.82, 2.24) is 0 Å². The van der Waals surface area contributed by atoms with E-state index in [1.165, 1.54) is 6.42 Å². The van der Waals surface area contributed by atoms with Crippen molar-refractivity contribution in [3.8, 4) is 0 Å². The highest BCUT2D eigenvalue weighted by Gasteiger charge is 2.20. The fourth-order valence-electron chi connectivity index (χ4n) is 2.37. The normalized spacial score (nSPS) is 35.9. The molecule has 0 aromatic heterocycles. The Morgan fingerprint density at radius 1 is 1.38 bits per heavy atom. The molecule has 1 aliphatic carbocycles. The maximum Gasteiger partial charge on any atom is 0.157 e. The van der Waals surface area contributed by atoms with E-state index in [1.54, 1.807) is 0 Å². The van der Waals surface area contributed by atoms with Gasteiger partial charge >= 0.3 is 0 Å². The average molecular weight is 226 g/mol.